The number of nitrogens with one attached hydrogen (secondary N) is 4. The maximum Gasteiger partial charge on any atom is 0.243 e. The summed E-state index contributed by atoms with van der Waals surface area (Å²) in [7, 11) is 0. The summed E-state index contributed by atoms with van der Waals surface area (Å²) in [6.45, 7) is 2.99. The van der Waals surface area contributed by atoms with Gasteiger partial charge in [0.2, 0.25) is 23.6 Å². The van der Waals surface area contributed by atoms with Crippen molar-refractivity contribution in [3.8, 4) is 5.75 Å². The summed E-state index contributed by atoms with van der Waals surface area (Å²) in [6, 6.07) is 12.5. The molecule has 0 aliphatic rings. The lowest BCUT2D eigenvalue weighted by atomic mass is 9.99. The molecule has 0 radical (unpaired) electrons. The molecule has 0 aromatic heterocycles. The van der Waals surface area contributed by atoms with Crippen molar-refractivity contribution >= 4 is 41.0 Å². The number of amides is 4. The number of halogens is 1. The number of Topliss-reactive ketones (excluding diaryl/α,β-unsaturated/α-hetero) is 1. The Hall–Kier alpha value is -3.96. The molecule has 2 aromatic carbocycles. The minimum atomic E-state index is -1.02. The lowest BCUT2D eigenvalue weighted by Gasteiger charge is -2.24. The first-order valence-electron chi connectivity index (χ1n) is 13.3. The Kier molecular flexibility index (Phi) is 13.8. The van der Waals surface area contributed by atoms with E-state index in [1.807, 2.05) is 19.9 Å². The quantitative estimate of drug-likeness (QED) is 0.155. The van der Waals surface area contributed by atoms with Gasteiger partial charge in [-0.2, -0.15) is 0 Å². The number of hydrogen-bond acceptors (Lipinski definition) is 7. The molecule has 0 aliphatic carbocycles. The van der Waals surface area contributed by atoms with Crippen LogP contribution in [0, 0.1) is 5.92 Å². The number of ketones is 1. The van der Waals surface area contributed by atoms with Gasteiger partial charge < -0.3 is 32.1 Å². The molecular weight excluding hydrogens is 550 g/mol. The molecule has 0 aliphatic heterocycles. The Morgan fingerprint density at radius 3 is 2.00 bits per heavy atom. The van der Waals surface area contributed by atoms with Crippen LogP contribution >= 0.6 is 11.6 Å². The van der Waals surface area contributed by atoms with E-state index in [-0.39, 0.29) is 36.2 Å². The van der Waals surface area contributed by atoms with E-state index in [0.29, 0.717) is 6.42 Å². The molecule has 0 fully saturated rings. The lowest BCUT2D eigenvalue weighted by Crippen LogP contribution is -2.54. The van der Waals surface area contributed by atoms with Gasteiger partial charge in [0.1, 0.15) is 11.8 Å². The van der Waals surface area contributed by atoms with Crippen LogP contribution in [-0.4, -0.2) is 71.6 Å². The molecule has 41 heavy (non-hydrogen) atoms. The molecule has 4 amide bonds. The molecule has 0 bridgehead atoms. The zero-order valence-electron chi connectivity index (χ0n) is 23.2. The molecule has 0 saturated heterocycles. The summed E-state index contributed by atoms with van der Waals surface area (Å²) >= 11 is 5.73. The topological polar surface area (TPSA) is 180 Å². The predicted molar refractivity (Wildman–Crippen MR) is 155 cm³/mol. The standard InChI is InChI=1S/C29H38ClN5O6/c1-18(2)12-23(25(37)15-30)35-29(41)24(14-19-6-4-3-5-7-19)34-27(39)17-32-26(38)16-33-28(40)22(31)13-20-8-10-21(36)11-9-20/h3-11,18,22-24,36H,12-17,31H2,1-2H3,(H,32,38)(H,33,40)(H,34,39)(H,35,41)/t22-,23?,24-/m0/s1. The van der Waals surface area contributed by atoms with E-state index >= 15 is 0 Å². The summed E-state index contributed by atoms with van der Waals surface area (Å²) in [5.41, 5.74) is 7.42. The molecule has 3 atom stereocenters. The Balaban J connectivity index is 1.91. The number of phenolic OH excluding ortho intramolecular Hbond substituents is 1. The SMILES string of the molecule is CC(C)CC(NC(=O)[C@H](Cc1ccccc1)NC(=O)CNC(=O)CNC(=O)[C@@H](N)Cc1ccc(O)cc1)C(=O)CCl. The van der Waals surface area contributed by atoms with Crippen molar-refractivity contribution < 1.29 is 29.1 Å². The number of alkyl halides is 1. The minimum Gasteiger partial charge on any atom is -0.508 e. The average molecular weight is 588 g/mol. The van der Waals surface area contributed by atoms with Gasteiger partial charge in [0.25, 0.3) is 0 Å². The van der Waals surface area contributed by atoms with E-state index in [2.05, 4.69) is 21.3 Å². The van der Waals surface area contributed by atoms with Gasteiger partial charge in [-0.3, -0.25) is 24.0 Å². The third-order valence-electron chi connectivity index (χ3n) is 6.08. The number of rotatable bonds is 16. The van der Waals surface area contributed by atoms with Crippen molar-refractivity contribution in [3.63, 3.8) is 0 Å². The fraction of sp³-hybridized carbons (Fsp3) is 0.414. The van der Waals surface area contributed by atoms with Gasteiger partial charge in [0, 0.05) is 6.42 Å². The van der Waals surface area contributed by atoms with Crippen LogP contribution in [0.3, 0.4) is 0 Å². The number of phenols is 1. The first-order valence-corrected chi connectivity index (χ1v) is 13.8. The number of benzene rings is 2. The van der Waals surface area contributed by atoms with Crippen LogP contribution < -0.4 is 27.0 Å². The first-order chi connectivity index (χ1) is 19.5. The molecule has 11 nitrogen and oxygen atoms in total. The van der Waals surface area contributed by atoms with E-state index in [0.717, 1.165) is 11.1 Å². The number of carbonyl (C=O) groups excluding carboxylic acids is 5. The fourth-order valence-electron chi connectivity index (χ4n) is 3.93. The van der Waals surface area contributed by atoms with E-state index in [4.69, 9.17) is 17.3 Å². The van der Waals surface area contributed by atoms with Crippen molar-refractivity contribution in [3.05, 3.63) is 65.7 Å². The summed E-state index contributed by atoms with van der Waals surface area (Å²) in [4.78, 5) is 62.6. The lowest BCUT2D eigenvalue weighted by molar-refractivity contribution is -0.131. The molecule has 2 rings (SSSR count). The smallest absolute Gasteiger partial charge is 0.243 e. The monoisotopic (exact) mass is 587 g/mol. The van der Waals surface area contributed by atoms with Gasteiger partial charge in [-0.15, -0.1) is 11.6 Å². The molecule has 222 valence electrons. The van der Waals surface area contributed by atoms with Gasteiger partial charge in [0.05, 0.1) is 31.1 Å². The van der Waals surface area contributed by atoms with Crippen LogP contribution in [0.15, 0.2) is 54.6 Å². The normalized spacial score (nSPS) is 13.0. The predicted octanol–water partition coefficient (Wildman–Crippen LogP) is 0.561. The second kappa shape index (κ2) is 17.0. The van der Waals surface area contributed by atoms with Gasteiger partial charge in [-0.25, -0.2) is 0 Å². The maximum absolute atomic E-state index is 13.1. The highest BCUT2D eigenvalue weighted by molar-refractivity contribution is 6.28. The molecule has 0 spiro atoms. The number of aromatic hydroxyl groups is 1. The van der Waals surface area contributed by atoms with Crippen LogP contribution in [0.4, 0.5) is 0 Å². The van der Waals surface area contributed by atoms with Gasteiger partial charge in [0.15, 0.2) is 5.78 Å². The van der Waals surface area contributed by atoms with Crippen LogP contribution in [-0.2, 0) is 36.8 Å². The van der Waals surface area contributed by atoms with Crippen molar-refractivity contribution in [2.24, 2.45) is 11.7 Å². The second-order valence-corrected chi connectivity index (χ2v) is 10.3. The second-order valence-electron chi connectivity index (χ2n) is 10.1. The third-order valence-corrected chi connectivity index (χ3v) is 6.34. The summed E-state index contributed by atoms with van der Waals surface area (Å²) in [5.74, 6) is -2.72. The molecule has 12 heteroatoms. The Labute approximate surface area is 244 Å². The summed E-state index contributed by atoms with van der Waals surface area (Å²) in [6.07, 6.45) is 0.754. The van der Waals surface area contributed by atoms with Crippen molar-refractivity contribution in [1.82, 2.24) is 21.3 Å². The zero-order chi connectivity index (χ0) is 30.4. The van der Waals surface area contributed by atoms with E-state index < -0.39 is 54.8 Å². The summed E-state index contributed by atoms with van der Waals surface area (Å²) < 4.78 is 0. The number of carbonyl (C=O) groups is 5. The van der Waals surface area contributed by atoms with Gasteiger partial charge >= 0.3 is 0 Å². The largest absolute Gasteiger partial charge is 0.508 e. The number of hydrogen-bond donors (Lipinski definition) is 6. The van der Waals surface area contributed by atoms with Gasteiger partial charge in [-0.1, -0.05) is 56.3 Å². The third kappa shape index (κ3) is 12.4. The average Bonchev–Trinajstić information content (AvgIpc) is 2.95. The highest BCUT2D eigenvalue weighted by Crippen LogP contribution is 2.11. The van der Waals surface area contributed by atoms with Crippen LogP contribution in [0.25, 0.3) is 0 Å². The fourth-order valence-corrected chi connectivity index (χ4v) is 4.12. The van der Waals surface area contributed by atoms with Crippen molar-refractivity contribution in [2.75, 3.05) is 19.0 Å². The van der Waals surface area contributed by atoms with E-state index in [9.17, 15) is 29.1 Å². The van der Waals surface area contributed by atoms with E-state index in [1.165, 1.54) is 12.1 Å². The van der Waals surface area contributed by atoms with Crippen LogP contribution in [0.1, 0.15) is 31.4 Å². The van der Waals surface area contributed by atoms with Gasteiger partial charge in [-0.05, 0) is 42.0 Å². The zero-order valence-corrected chi connectivity index (χ0v) is 23.9. The summed E-state index contributed by atoms with van der Waals surface area (Å²) in [5, 5.41) is 19.5. The molecule has 7 N–H and O–H groups in total. The Bertz CT molecular complexity index is 1180. The van der Waals surface area contributed by atoms with E-state index in [1.54, 1.807) is 36.4 Å². The first kappa shape index (κ1) is 33.2. The minimum absolute atomic E-state index is 0.0937. The Morgan fingerprint density at radius 1 is 0.780 bits per heavy atom. The van der Waals surface area contributed by atoms with Crippen molar-refractivity contribution in [1.29, 1.82) is 0 Å². The van der Waals surface area contributed by atoms with Crippen molar-refractivity contribution in [2.45, 2.75) is 51.2 Å². The molecule has 0 heterocycles. The molecule has 1 unspecified atom stereocenters. The molecular formula is C29H38ClN5O6. The highest BCUT2D eigenvalue weighted by Gasteiger charge is 2.27. The number of nitrogens with two attached hydrogens (primary N) is 1. The van der Waals surface area contributed by atoms with Crippen LogP contribution in [0.5, 0.6) is 5.75 Å². The Morgan fingerprint density at radius 2 is 1.39 bits per heavy atom. The molecule has 0 saturated carbocycles. The van der Waals surface area contributed by atoms with Crippen LogP contribution in [0.2, 0.25) is 0 Å². The molecule has 2 aromatic rings. The maximum atomic E-state index is 13.1. The highest BCUT2D eigenvalue weighted by atomic mass is 35.5.